The van der Waals surface area contributed by atoms with Gasteiger partial charge in [0.25, 0.3) is 0 Å². The highest BCUT2D eigenvalue weighted by atomic mass is 19.2. The Balaban J connectivity index is 3.24. The molecule has 140 valence electrons. The van der Waals surface area contributed by atoms with Gasteiger partial charge >= 0.3 is 5.97 Å². The van der Waals surface area contributed by atoms with Gasteiger partial charge in [-0.05, 0) is 19.9 Å². The van der Waals surface area contributed by atoms with Crippen LogP contribution in [0.2, 0.25) is 0 Å². The van der Waals surface area contributed by atoms with Gasteiger partial charge in [0, 0.05) is 12.6 Å². The van der Waals surface area contributed by atoms with Gasteiger partial charge in [-0.2, -0.15) is 4.39 Å². The van der Waals surface area contributed by atoms with Gasteiger partial charge in [-0.1, -0.05) is 0 Å². The molecule has 0 fully saturated rings. The normalized spacial score (nSPS) is 13.2. The molecule has 1 N–H and O–H groups in total. The van der Waals surface area contributed by atoms with Crippen molar-refractivity contribution in [3.8, 4) is 5.75 Å². The Labute approximate surface area is 142 Å². The van der Waals surface area contributed by atoms with Crippen LogP contribution in [0, 0.1) is 23.4 Å². The number of alkyl halides is 1. The number of benzene rings is 1. The van der Waals surface area contributed by atoms with Crippen molar-refractivity contribution in [2.45, 2.75) is 19.9 Å². The zero-order valence-corrected chi connectivity index (χ0v) is 14.0. The van der Waals surface area contributed by atoms with E-state index in [9.17, 15) is 27.2 Å². The van der Waals surface area contributed by atoms with E-state index < -0.39 is 59.2 Å². The molecule has 1 aromatic carbocycles. The fourth-order valence-electron chi connectivity index (χ4n) is 2.03. The van der Waals surface area contributed by atoms with Crippen LogP contribution in [0.4, 0.5) is 17.6 Å². The molecule has 2 unspecified atom stereocenters. The molecule has 0 aliphatic carbocycles. The van der Waals surface area contributed by atoms with Crippen molar-refractivity contribution in [3.05, 3.63) is 29.1 Å². The first-order valence-electron chi connectivity index (χ1n) is 7.50. The highest BCUT2D eigenvalue weighted by molar-refractivity contribution is 6.09. The molecule has 0 radical (unpaired) electrons. The largest absolute Gasteiger partial charge is 0.491 e. The third-order valence-corrected chi connectivity index (χ3v) is 3.37. The van der Waals surface area contributed by atoms with Gasteiger partial charge in [-0.25, -0.2) is 13.2 Å². The van der Waals surface area contributed by atoms with Gasteiger partial charge in [0.05, 0.1) is 19.3 Å². The quantitative estimate of drug-likeness (QED) is 0.239. The summed E-state index contributed by atoms with van der Waals surface area (Å²) in [6, 6.07) is -0.325. The molecule has 25 heavy (non-hydrogen) atoms. The minimum Gasteiger partial charge on any atom is -0.491 e. The number of hydrogen-bond donors (Lipinski definition) is 1. The van der Waals surface area contributed by atoms with Crippen LogP contribution < -0.4 is 10.1 Å². The number of Topliss-reactive ketones (excluding diaryl/α,β-unsaturated/α-hetero) is 1. The second kappa shape index (κ2) is 9.36. The Kier molecular flexibility index (Phi) is 7.82. The van der Waals surface area contributed by atoms with E-state index in [-0.39, 0.29) is 13.2 Å². The van der Waals surface area contributed by atoms with Crippen molar-refractivity contribution in [1.82, 2.24) is 5.32 Å². The number of esters is 1. The summed E-state index contributed by atoms with van der Waals surface area (Å²) in [5, 5.41) is 2.58. The lowest BCUT2D eigenvalue weighted by molar-refractivity contribution is -0.146. The third-order valence-electron chi connectivity index (χ3n) is 3.37. The minimum absolute atomic E-state index is 0.0507. The first kappa shape index (κ1) is 20.9. The molecule has 0 heterocycles. The minimum atomic E-state index is -1.59. The SMILES string of the molecule is CCOC(=O)C(CNC(C)CF)C(=O)c1cc(F)c(F)c(OC)c1F. The number of methoxy groups -OCH3 is 1. The lowest BCUT2D eigenvalue weighted by atomic mass is 9.96. The summed E-state index contributed by atoms with van der Waals surface area (Å²) in [5.74, 6) is -9.28. The fourth-order valence-corrected chi connectivity index (χ4v) is 2.03. The van der Waals surface area contributed by atoms with E-state index in [4.69, 9.17) is 4.74 Å². The molecular formula is C16H19F4NO4. The van der Waals surface area contributed by atoms with E-state index in [2.05, 4.69) is 10.1 Å². The molecule has 0 saturated heterocycles. The molecule has 0 aromatic heterocycles. The standard InChI is InChI=1S/C16H19F4NO4/c1-4-25-16(23)10(7-21-8(2)6-17)14(22)9-5-11(18)13(20)15(24-3)12(9)19/h5,8,10,21H,4,6-7H2,1-3H3. The third kappa shape index (κ3) is 4.91. The lowest BCUT2D eigenvalue weighted by Crippen LogP contribution is -2.40. The van der Waals surface area contributed by atoms with Crippen molar-refractivity contribution in [2.75, 3.05) is 26.9 Å². The molecule has 0 aliphatic rings. The zero-order valence-electron chi connectivity index (χ0n) is 14.0. The van der Waals surface area contributed by atoms with Crippen molar-refractivity contribution in [3.63, 3.8) is 0 Å². The van der Waals surface area contributed by atoms with E-state index in [1.54, 1.807) is 0 Å². The molecule has 2 atom stereocenters. The van der Waals surface area contributed by atoms with Gasteiger partial charge in [0.1, 0.15) is 12.6 Å². The van der Waals surface area contributed by atoms with Crippen LogP contribution in [0.1, 0.15) is 24.2 Å². The van der Waals surface area contributed by atoms with Crippen LogP contribution in [0.3, 0.4) is 0 Å². The van der Waals surface area contributed by atoms with Crippen LogP contribution in [0.25, 0.3) is 0 Å². The average molecular weight is 365 g/mol. The molecule has 0 bridgehead atoms. The number of hydrogen-bond acceptors (Lipinski definition) is 5. The summed E-state index contributed by atoms with van der Waals surface area (Å²) in [5.41, 5.74) is -0.858. The maximum atomic E-state index is 14.3. The predicted molar refractivity (Wildman–Crippen MR) is 80.8 cm³/mol. The van der Waals surface area contributed by atoms with E-state index in [0.717, 1.165) is 7.11 Å². The van der Waals surface area contributed by atoms with E-state index in [0.29, 0.717) is 6.07 Å². The van der Waals surface area contributed by atoms with Crippen LogP contribution in [-0.2, 0) is 9.53 Å². The lowest BCUT2D eigenvalue weighted by Gasteiger charge is -2.18. The number of halogens is 4. The number of carbonyl (C=O) groups is 2. The van der Waals surface area contributed by atoms with E-state index >= 15 is 0 Å². The van der Waals surface area contributed by atoms with E-state index in [1.165, 1.54) is 13.8 Å². The van der Waals surface area contributed by atoms with Crippen molar-refractivity contribution in [2.24, 2.45) is 5.92 Å². The molecule has 5 nitrogen and oxygen atoms in total. The van der Waals surface area contributed by atoms with Gasteiger partial charge in [-0.3, -0.25) is 9.59 Å². The Bertz CT molecular complexity index is 639. The topological polar surface area (TPSA) is 64.6 Å². The first-order chi connectivity index (χ1) is 11.8. The number of ether oxygens (including phenoxy) is 2. The summed E-state index contributed by atoms with van der Waals surface area (Å²) in [6.07, 6.45) is 0. The van der Waals surface area contributed by atoms with Gasteiger partial charge in [0.2, 0.25) is 5.82 Å². The summed E-state index contributed by atoms with van der Waals surface area (Å²) in [7, 11) is 0.905. The van der Waals surface area contributed by atoms with Crippen LogP contribution >= 0.6 is 0 Å². The monoisotopic (exact) mass is 365 g/mol. The van der Waals surface area contributed by atoms with Gasteiger partial charge < -0.3 is 14.8 Å². The van der Waals surface area contributed by atoms with Crippen molar-refractivity contribution >= 4 is 11.8 Å². The second-order valence-electron chi connectivity index (χ2n) is 5.20. The Morgan fingerprint density at radius 1 is 1.24 bits per heavy atom. The summed E-state index contributed by atoms with van der Waals surface area (Å²) in [6.45, 7) is 1.79. The highest BCUT2D eigenvalue weighted by Gasteiger charge is 2.33. The number of carbonyl (C=O) groups excluding carboxylic acids is 2. The highest BCUT2D eigenvalue weighted by Crippen LogP contribution is 2.28. The predicted octanol–water partition coefficient (Wildman–Crippen LogP) is 2.42. The van der Waals surface area contributed by atoms with Crippen molar-refractivity contribution < 1.29 is 36.6 Å². The van der Waals surface area contributed by atoms with Crippen LogP contribution in [0.5, 0.6) is 5.75 Å². The Morgan fingerprint density at radius 2 is 1.88 bits per heavy atom. The maximum Gasteiger partial charge on any atom is 0.318 e. The molecule has 1 rings (SSSR count). The molecule has 0 saturated carbocycles. The van der Waals surface area contributed by atoms with Gasteiger partial charge in [-0.15, -0.1) is 0 Å². The second-order valence-corrected chi connectivity index (χ2v) is 5.20. The van der Waals surface area contributed by atoms with Gasteiger partial charge in [0.15, 0.2) is 23.2 Å². The fraction of sp³-hybridized carbons (Fsp3) is 0.500. The zero-order chi connectivity index (χ0) is 19.1. The molecule has 0 spiro atoms. The Hall–Kier alpha value is -2.16. The maximum absolute atomic E-state index is 14.3. The average Bonchev–Trinajstić information content (AvgIpc) is 2.58. The van der Waals surface area contributed by atoms with Crippen LogP contribution in [0.15, 0.2) is 6.07 Å². The molecule has 0 amide bonds. The smallest absolute Gasteiger partial charge is 0.318 e. The number of rotatable bonds is 9. The summed E-state index contributed by atoms with van der Waals surface area (Å²) >= 11 is 0. The molecule has 9 heteroatoms. The molecule has 1 aromatic rings. The summed E-state index contributed by atoms with van der Waals surface area (Å²) < 4.78 is 63.1. The molecule has 0 aliphatic heterocycles. The number of nitrogens with one attached hydrogen (secondary N) is 1. The molecular weight excluding hydrogens is 346 g/mol. The van der Waals surface area contributed by atoms with Crippen molar-refractivity contribution in [1.29, 1.82) is 0 Å². The number of ketones is 1. The summed E-state index contributed by atoms with van der Waals surface area (Å²) in [4.78, 5) is 24.5. The Morgan fingerprint density at radius 3 is 2.40 bits per heavy atom. The first-order valence-corrected chi connectivity index (χ1v) is 7.50. The van der Waals surface area contributed by atoms with Crippen LogP contribution in [-0.4, -0.2) is 44.7 Å². The van der Waals surface area contributed by atoms with E-state index in [1.807, 2.05) is 0 Å².